The van der Waals surface area contributed by atoms with Crippen LogP contribution in [0.2, 0.25) is 0 Å². The summed E-state index contributed by atoms with van der Waals surface area (Å²) in [5, 5.41) is 0. The fourth-order valence-corrected chi connectivity index (χ4v) is 1.46. The van der Waals surface area contributed by atoms with E-state index in [9.17, 15) is 17.6 Å². The highest BCUT2D eigenvalue weighted by molar-refractivity contribution is 5.55. The van der Waals surface area contributed by atoms with E-state index in [0.29, 0.717) is 0 Å². The highest BCUT2D eigenvalue weighted by Gasteiger charge is 2.32. The monoisotopic (exact) mass is 287 g/mol. The van der Waals surface area contributed by atoms with E-state index < -0.39 is 17.9 Å². The van der Waals surface area contributed by atoms with Crippen LogP contribution in [0.3, 0.4) is 0 Å². The number of hydrogen-bond acceptors (Lipinski definition) is 3. The molecule has 3 nitrogen and oxygen atoms in total. The molecule has 0 radical (unpaired) electrons. The predicted molar refractivity (Wildman–Crippen MR) is 64.0 cm³/mol. The van der Waals surface area contributed by atoms with Gasteiger partial charge in [-0.15, -0.1) is 13.2 Å². The minimum atomic E-state index is -4.85. The van der Waals surface area contributed by atoms with E-state index in [-0.39, 0.29) is 17.2 Å². The molecule has 20 heavy (non-hydrogen) atoms. The Bertz CT molecular complexity index is 614. The van der Waals surface area contributed by atoms with Gasteiger partial charge in [0.05, 0.1) is 5.69 Å². The average Bonchev–Trinajstić information content (AvgIpc) is 2.34. The van der Waals surface area contributed by atoms with Crippen LogP contribution in [0.1, 0.15) is 0 Å². The van der Waals surface area contributed by atoms with Gasteiger partial charge in [0.15, 0.2) is 17.2 Å². The van der Waals surface area contributed by atoms with Gasteiger partial charge in [0.25, 0.3) is 0 Å². The average molecular weight is 287 g/mol. The van der Waals surface area contributed by atoms with Gasteiger partial charge in [-0.25, -0.2) is 4.39 Å². The third-order valence-electron chi connectivity index (χ3n) is 2.27. The number of nitrogen functional groups attached to an aromatic ring is 1. The summed E-state index contributed by atoms with van der Waals surface area (Å²) in [4.78, 5) is 0. The minimum absolute atomic E-state index is 0.0909. The largest absolute Gasteiger partial charge is 0.573 e. The Morgan fingerprint density at radius 2 is 1.55 bits per heavy atom. The first-order valence-corrected chi connectivity index (χ1v) is 5.43. The first kappa shape index (κ1) is 14.0. The van der Waals surface area contributed by atoms with Gasteiger partial charge in [0, 0.05) is 6.07 Å². The molecule has 0 atom stereocenters. The Hall–Kier alpha value is -2.44. The lowest BCUT2D eigenvalue weighted by molar-refractivity contribution is -0.275. The number of alkyl halides is 3. The molecular weight excluding hydrogens is 278 g/mol. The number of benzene rings is 2. The minimum Gasteiger partial charge on any atom is -0.451 e. The summed E-state index contributed by atoms with van der Waals surface area (Å²) in [6.45, 7) is 0. The van der Waals surface area contributed by atoms with Crippen molar-refractivity contribution in [1.82, 2.24) is 0 Å². The second kappa shape index (κ2) is 5.28. The van der Waals surface area contributed by atoms with Crippen LogP contribution < -0.4 is 15.2 Å². The normalized spacial score (nSPS) is 11.2. The van der Waals surface area contributed by atoms with E-state index >= 15 is 0 Å². The topological polar surface area (TPSA) is 44.5 Å². The number of halogens is 4. The van der Waals surface area contributed by atoms with Gasteiger partial charge in [-0.1, -0.05) is 12.1 Å². The van der Waals surface area contributed by atoms with E-state index in [2.05, 4.69) is 4.74 Å². The zero-order valence-electron chi connectivity index (χ0n) is 9.95. The van der Waals surface area contributed by atoms with Gasteiger partial charge >= 0.3 is 6.36 Å². The summed E-state index contributed by atoms with van der Waals surface area (Å²) < 4.78 is 58.8. The van der Waals surface area contributed by atoms with E-state index in [1.807, 2.05) is 0 Å². The van der Waals surface area contributed by atoms with Gasteiger partial charge < -0.3 is 15.2 Å². The van der Waals surface area contributed by atoms with Crippen LogP contribution in [-0.2, 0) is 0 Å². The molecule has 2 N–H and O–H groups in total. The van der Waals surface area contributed by atoms with Crippen molar-refractivity contribution in [2.45, 2.75) is 6.36 Å². The standard InChI is InChI=1S/C13H9F4NO2/c14-8-5-6-9(18)12(7-8)19-10-3-1-2-4-11(10)20-13(15,16)17/h1-7H,18H2. The van der Waals surface area contributed by atoms with Crippen molar-refractivity contribution < 1.29 is 27.0 Å². The van der Waals surface area contributed by atoms with E-state index in [0.717, 1.165) is 18.2 Å². The summed E-state index contributed by atoms with van der Waals surface area (Å²) >= 11 is 0. The molecule has 0 saturated heterocycles. The van der Waals surface area contributed by atoms with Gasteiger partial charge in [-0.3, -0.25) is 0 Å². The molecular formula is C13H9F4NO2. The Morgan fingerprint density at radius 3 is 2.20 bits per heavy atom. The van der Waals surface area contributed by atoms with Crippen LogP contribution >= 0.6 is 0 Å². The van der Waals surface area contributed by atoms with Crippen molar-refractivity contribution in [2.75, 3.05) is 5.73 Å². The van der Waals surface area contributed by atoms with Crippen molar-refractivity contribution in [3.63, 3.8) is 0 Å². The van der Waals surface area contributed by atoms with Crippen LogP contribution in [-0.4, -0.2) is 6.36 Å². The van der Waals surface area contributed by atoms with Gasteiger partial charge in [-0.05, 0) is 24.3 Å². The molecule has 0 aliphatic carbocycles. The Morgan fingerprint density at radius 1 is 0.900 bits per heavy atom. The molecule has 0 amide bonds. The quantitative estimate of drug-likeness (QED) is 0.682. The smallest absolute Gasteiger partial charge is 0.451 e. The highest BCUT2D eigenvalue weighted by atomic mass is 19.4. The lowest BCUT2D eigenvalue weighted by atomic mass is 10.3. The van der Waals surface area contributed by atoms with Crippen molar-refractivity contribution in [2.24, 2.45) is 0 Å². The number of anilines is 1. The number of para-hydroxylation sites is 2. The Kier molecular flexibility index (Phi) is 3.69. The molecule has 0 spiro atoms. The SMILES string of the molecule is Nc1ccc(F)cc1Oc1ccccc1OC(F)(F)F. The molecule has 0 fully saturated rings. The third-order valence-corrected chi connectivity index (χ3v) is 2.27. The fraction of sp³-hybridized carbons (Fsp3) is 0.0769. The van der Waals surface area contributed by atoms with Gasteiger partial charge in [0.1, 0.15) is 5.82 Å². The maximum absolute atomic E-state index is 13.1. The van der Waals surface area contributed by atoms with Crippen LogP contribution in [0.4, 0.5) is 23.2 Å². The maximum atomic E-state index is 13.1. The van der Waals surface area contributed by atoms with Crippen LogP contribution in [0.25, 0.3) is 0 Å². The molecule has 0 saturated carbocycles. The van der Waals surface area contributed by atoms with Crippen molar-refractivity contribution in [1.29, 1.82) is 0 Å². The summed E-state index contributed by atoms with van der Waals surface area (Å²) in [7, 11) is 0. The van der Waals surface area contributed by atoms with Crippen molar-refractivity contribution in [3.8, 4) is 17.2 Å². The van der Waals surface area contributed by atoms with Crippen molar-refractivity contribution >= 4 is 5.69 Å². The molecule has 0 bridgehead atoms. The summed E-state index contributed by atoms with van der Waals surface area (Å²) in [6, 6.07) is 8.47. The summed E-state index contributed by atoms with van der Waals surface area (Å²) in [5.74, 6) is -1.47. The molecule has 0 aromatic heterocycles. The van der Waals surface area contributed by atoms with Crippen LogP contribution in [0, 0.1) is 5.82 Å². The summed E-state index contributed by atoms with van der Waals surface area (Å²) in [6.07, 6.45) is -4.85. The van der Waals surface area contributed by atoms with E-state index in [1.165, 1.54) is 24.3 Å². The maximum Gasteiger partial charge on any atom is 0.573 e. The van der Waals surface area contributed by atoms with Crippen LogP contribution in [0.5, 0.6) is 17.2 Å². The molecule has 2 aromatic carbocycles. The Balaban J connectivity index is 2.32. The first-order chi connectivity index (χ1) is 9.35. The zero-order valence-corrected chi connectivity index (χ0v) is 9.95. The number of ether oxygens (including phenoxy) is 2. The Labute approximate surface area is 111 Å². The molecule has 0 aliphatic heterocycles. The number of hydrogen-bond donors (Lipinski definition) is 1. The molecule has 106 valence electrons. The second-order valence-electron chi connectivity index (χ2n) is 3.78. The van der Waals surface area contributed by atoms with Crippen LogP contribution in [0.15, 0.2) is 42.5 Å². The molecule has 7 heteroatoms. The van der Waals surface area contributed by atoms with E-state index in [4.69, 9.17) is 10.5 Å². The number of nitrogens with two attached hydrogens (primary N) is 1. The molecule has 2 rings (SSSR count). The summed E-state index contributed by atoms with van der Waals surface area (Å²) in [5.41, 5.74) is 5.65. The molecule has 2 aromatic rings. The lowest BCUT2D eigenvalue weighted by Gasteiger charge is -2.14. The second-order valence-corrected chi connectivity index (χ2v) is 3.78. The first-order valence-electron chi connectivity index (χ1n) is 5.43. The zero-order chi connectivity index (χ0) is 14.8. The fourth-order valence-electron chi connectivity index (χ4n) is 1.46. The van der Waals surface area contributed by atoms with Gasteiger partial charge in [-0.2, -0.15) is 0 Å². The number of rotatable bonds is 3. The molecule has 0 unspecified atom stereocenters. The highest BCUT2D eigenvalue weighted by Crippen LogP contribution is 2.36. The molecule has 0 heterocycles. The van der Waals surface area contributed by atoms with E-state index in [1.54, 1.807) is 0 Å². The molecule has 0 aliphatic rings. The van der Waals surface area contributed by atoms with Crippen molar-refractivity contribution in [3.05, 3.63) is 48.3 Å². The third kappa shape index (κ3) is 3.53. The van der Waals surface area contributed by atoms with Gasteiger partial charge in [0.2, 0.25) is 0 Å². The lowest BCUT2D eigenvalue weighted by Crippen LogP contribution is -2.17. The predicted octanol–water partition coefficient (Wildman–Crippen LogP) is 4.10.